The zero-order valence-corrected chi connectivity index (χ0v) is 10.1. The molecular weight excluding hydrogens is 208 g/mol. The van der Waals surface area contributed by atoms with Gasteiger partial charge in [0.2, 0.25) is 0 Å². The van der Waals surface area contributed by atoms with Gasteiger partial charge in [-0.05, 0) is 44.0 Å². The maximum absolute atomic E-state index is 13.5. The molecule has 1 rings (SSSR count). The zero-order valence-electron chi connectivity index (χ0n) is 10.1. The number of nitrogens with one attached hydrogen (secondary N) is 1. The second-order valence-corrected chi connectivity index (χ2v) is 4.47. The van der Waals surface area contributed by atoms with Gasteiger partial charge in [0, 0.05) is 5.56 Å². The van der Waals surface area contributed by atoms with Crippen LogP contribution in [0.25, 0.3) is 0 Å². The van der Waals surface area contributed by atoms with E-state index < -0.39 is 11.6 Å². The van der Waals surface area contributed by atoms with E-state index in [9.17, 15) is 8.78 Å². The second-order valence-electron chi connectivity index (χ2n) is 4.47. The molecule has 0 bridgehead atoms. The van der Waals surface area contributed by atoms with Gasteiger partial charge < -0.3 is 5.32 Å². The summed E-state index contributed by atoms with van der Waals surface area (Å²) in [5.41, 5.74) is 0.205. The molecule has 1 nitrogen and oxygen atoms in total. The molecule has 0 saturated heterocycles. The van der Waals surface area contributed by atoms with Crippen LogP contribution in [0.5, 0.6) is 0 Å². The van der Waals surface area contributed by atoms with Gasteiger partial charge in [0.1, 0.15) is 11.6 Å². The second kappa shape index (κ2) is 5.94. The summed E-state index contributed by atoms with van der Waals surface area (Å²) in [5.74, 6) is -0.244. The molecule has 1 atom stereocenters. The first-order valence-electron chi connectivity index (χ1n) is 5.63. The Morgan fingerprint density at radius 3 is 2.19 bits per heavy atom. The molecule has 1 aromatic rings. The molecule has 0 spiro atoms. The summed E-state index contributed by atoms with van der Waals surface area (Å²) in [6.07, 6.45) is 0.441. The third kappa shape index (κ3) is 3.27. The van der Waals surface area contributed by atoms with Crippen LogP contribution in [0.3, 0.4) is 0 Å². The van der Waals surface area contributed by atoms with Gasteiger partial charge in [-0.2, -0.15) is 0 Å². The molecule has 1 unspecified atom stereocenters. The summed E-state index contributed by atoms with van der Waals surface area (Å²) < 4.78 is 26.9. The van der Waals surface area contributed by atoms with Gasteiger partial charge in [0.15, 0.2) is 0 Å². The third-order valence-corrected chi connectivity index (χ3v) is 2.94. The van der Waals surface area contributed by atoms with Crippen LogP contribution in [0, 0.1) is 23.5 Å². The monoisotopic (exact) mass is 227 g/mol. The van der Waals surface area contributed by atoms with Crippen molar-refractivity contribution in [3.8, 4) is 0 Å². The van der Waals surface area contributed by atoms with Crippen molar-refractivity contribution in [3.05, 3.63) is 35.4 Å². The van der Waals surface area contributed by atoms with Gasteiger partial charge in [0.05, 0.1) is 0 Å². The topological polar surface area (TPSA) is 12.0 Å². The standard InChI is InChI=1S/C13H19F2N/c1-9(2)10(8-16-3)7-11-12(14)5-4-6-13(11)15/h4-6,9-10,16H,7-8H2,1-3H3. The lowest BCUT2D eigenvalue weighted by molar-refractivity contribution is 0.360. The van der Waals surface area contributed by atoms with Gasteiger partial charge in [-0.25, -0.2) is 8.78 Å². The minimum absolute atomic E-state index is 0.205. The SMILES string of the molecule is CNCC(Cc1c(F)cccc1F)C(C)C. The number of rotatable bonds is 5. The van der Waals surface area contributed by atoms with E-state index in [1.54, 1.807) is 0 Å². The van der Waals surface area contributed by atoms with Crippen molar-refractivity contribution in [2.45, 2.75) is 20.3 Å². The molecule has 0 fully saturated rings. The summed E-state index contributed by atoms with van der Waals surface area (Å²) in [7, 11) is 1.85. The maximum atomic E-state index is 13.5. The van der Waals surface area contributed by atoms with E-state index in [0.29, 0.717) is 12.3 Å². The van der Waals surface area contributed by atoms with Crippen molar-refractivity contribution in [3.63, 3.8) is 0 Å². The summed E-state index contributed by atoms with van der Waals surface area (Å²) in [6, 6.07) is 4.03. The quantitative estimate of drug-likeness (QED) is 0.815. The average Bonchev–Trinajstić information content (AvgIpc) is 2.21. The minimum Gasteiger partial charge on any atom is -0.319 e. The van der Waals surface area contributed by atoms with Crippen molar-refractivity contribution >= 4 is 0 Å². The van der Waals surface area contributed by atoms with Gasteiger partial charge in [0.25, 0.3) is 0 Å². The Kier molecular flexibility index (Phi) is 4.87. The molecule has 0 radical (unpaired) electrons. The first kappa shape index (κ1) is 13.1. The first-order valence-corrected chi connectivity index (χ1v) is 5.63. The molecule has 0 heterocycles. The molecule has 0 amide bonds. The predicted molar refractivity (Wildman–Crippen MR) is 62.3 cm³/mol. The van der Waals surface area contributed by atoms with E-state index in [1.165, 1.54) is 18.2 Å². The summed E-state index contributed by atoms with van der Waals surface area (Å²) in [5, 5.41) is 3.06. The third-order valence-electron chi connectivity index (χ3n) is 2.94. The Hall–Kier alpha value is -0.960. The normalized spacial score (nSPS) is 13.1. The number of halogens is 2. The Labute approximate surface area is 95.9 Å². The number of benzene rings is 1. The zero-order chi connectivity index (χ0) is 12.1. The molecule has 0 saturated carbocycles. The summed E-state index contributed by atoms with van der Waals surface area (Å²) in [6.45, 7) is 4.91. The molecule has 0 aliphatic heterocycles. The van der Waals surface area contributed by atoms with Gasteiger partial charge >= 0.3 is 0 Å². The fraction of sp³-hybridized carbons (Fsp3) is 0.538. The first-order chi connectivity index (χ1) is 7.56. The van der Waals surface area contributed by atoms with Crippen LogP contribution < -0.4 is 5.32 Å². The molecule has 1 aromatic carbocycles. The van der Waals surface area contributed by atoms with Crippen LogP contribution in [-0.4, -0.2) is 13.6 Å². The van der Waals surface area contributed by atoms with E-state index >= 15 is 0 Å². The fourth-order valence-corrected chi connectivity index (χ4v) is 1.80. The number of hydrogen-bond acceptors (Lipinski definition) is 1. The molecular formula is C13H19F2N. The Morgan fingerprint density at radius 1 is 1.19 bits per heavy atom. The lowest BCUT2D eigenvalue weighted by atomic mass is 9.89. The lowest BCUT2D eigenvalue weighted by Crippen LogP contribution is -2.25. The molecule has 90 valence electrons. The van der Waals surface area contributed by atoms with Crippen molar-refractivity contribution < 1.29 is 8.78 Å². The molecule has 1 N–H and O–H groups in total. The summed E-state index contributed by atoms with van der Waals surface area (Å²) in [4.78, 5) is 0. The highest BCUT2D eigenvalue weighted by Crippen LogP contribution is 2.21. The smallest absolute Gasteiger partial charge is 0.129 e. The Bertz CT molecular complexity index is 316. The average molecular weight is 227 g/mol. The predicted octanol–water partition coefficient (Wildman–Crippen LogP) is 3.00. The largest absolute Gasteiger partial charge is 0.319 e. The molecule has 0 aliphatic carbocycles. The van der Waals surface area contributed by atoms with Crippen LogP contribution in [-0.2, 0) is 6.42 Å². The molecule has 0 aromatic heterocycles. The van der Waals surface area contributed by atoms with Gasteiger partial charge in [-0.1, -0.05) is 19.9 Å². The highest BCUT2D eigenvalue weighted by atomic mass is 19.1. The van der Waals surface area contributed by atoms with Gasteiger partial charge in [-0.15, -0.1) is 0 Å². The molecule has 0 aliphatic rings. The Balaban J connectivity index is 2.84. The molecule has 3 heteroatoms. The lowest BCUT2D eigenvalue weighted by Gasteiger charge is -2.21. The minimum atomic E-state index is -0.443. The maximum Gasteiger partial charge on any atom is 0.129 e. The highest BCUT2D eigenvalue weighted by Gasteiger charge is 2.17. The van der Waals surface area contributed by atoms with Crippen LogP contribution >= 0.6 is 0 Å². The van der Waals surface area contributed by atoms with Gasteiger partial charge in [-0.3, -0.25) is 0 Å². The van der Waals surface area contributed by atoms with E-state index in [-0.39, 0.29) is 11.5 Å². The number of hydrogen-bond donors (Lipinski definition) is 1. The van der Waals surface area contributed by atoms with E-state index in [2.05, 4.69) is 19.2 Å². The van der Waals surface area contributed by atoms with Crippen LogP contribution in [0.1, 0.15) is 19.4 Å². The fourth-order valence-electron chi connectivity index (χ4n) is 1.80. The van der Waals surface area contributed by atoms with Crippen LogP contribution in [0.2, 0.25) is 0 Å². The van der Waals surface area contributed by atoms with Crippen molar-refractivity contribution in [2.75, 3.05) is 13.6 Å². The van der Waals surface area contributed by atoms with Crippen LogP contribution in [0.15, 0.2) is 18.2 Å². The van der Waals surface area contributed by atoms with Crippen molar-refractivity contribution in [1.82, 2.24) is 5.32 Å². The van der Waals surface area contributed by atoms with E-state index in [0.717, 1.165) is 6.54 Å². The molecule has 16 heavy (non-hydrogen) atoms. The van der Waals surface area contributed by atoms with Crippen molar-refractivity contribution in [2.24, 2.45) is 11.8 Å². The van der Waals surface area contributed by atoms with Crippen molar-refractivity contribution in [1.29, 1.82) is 0 Å². The van der Waals surface area contributed by atoms with E-state index in [4.69, 9.17) is 0 Å². The van der Waals surface area contributed by atoms with E-state index in [1.807, 2.05) is 7.05 Å². The highest BCUT2D eigenvalue weighted by molar-refractivity contribution is 5.20. The van der Waals surface area contributed by atoms with Crippen LogP contribution in [0.4, 0.5) is 8.78 Å². The Morgan fingerprint density at radius 2 is 1.75 bits per heavy atom. The summed E-state index contributed by atoms with van der Waals surface area (Å²) >= 11 is 0.